The molecule has 18 heavy (non-hydrogen) atoms. The first-order valence-corrected chi connectivity index (χ1v) is 6.78. The van der Waals surface area contributed by atoms with E-state index in [4.69, 9.17) is 5.11 Å². The van der Waals surface area contributed by atoms with E-state index in [2.05, 4.69) is 15.3 Å². The summed E-state index contributed by atoms with van der Waals surface area (Å²) >= 11 is 2.54. The Morgan fingerprint density at radius 1 is 1.39 bits per heavy atom. The molecule has 2 rings (SSSR count). The number of carbonyl (C=O) groups excluding carboxylic acids is 1. The summed E-state index contributed by atoms with van der Waals surface area (Å²) < 4.78 is 0. The van der Waals surface area contributed by atoms with Crippen molar-refractivity contribution in [3.8, 4) is 0 Å². The second kappa shape index (κ2) is 5.23. The lowest BCUT2D eigenvalue weighted by Crippen LogP contribution is -2.26. The number of carbonyl (C=O) groups is 2. The first-order valence-electron chi connectivity index (χ1n) is 4.95. The summed E-state index contributed by atoms with van der Waals surface area (Å²) in [5, 5.41) is 15.1. The zero-order valence-electron chi connectivity index (χ0n) is 9.28. The maximum absolute atomic E-state index is 11.7. The molecule has 0 aromatic carbocycles. The first-order chi connectivity index (χ1) is 8.58. The minimum Gasteiger partial charge on any atom is -0.476 e. The average molecular weight is 283 g/mol. The quantitative estimate of drug-likeness (QED) is 0.892. The number of nitrogens with one attached hydrogen (secondary N) is 1. The van der Waals surface area contributed by atoms with Crippen LogP contribution >= 0.6 is 22.7 Å². The lowest BCUT2D eigenvalue weighted by molar-refractivity contribution is 0.0691. The lowest BCUT2D eigenvalue weighted by Gasteiger charge is -2.09. The van der Waals surface area contributed by atoms with Gasteiger partial charge in [0.05, 0.1) is 11.6 Å². The normalized spacial score (nSPS) is 12.1. The lowest BCUT2D eigenvalue weighted by atomic mass is 10.3. The van der Waals surface area contributed by atoms with Crippen molar-refractivity contribution in [2.24, 2.45) is 0 Å². The molecule has 8 heteroatoms. The highest BCUT2D eigenvalue weighted by Gasteiger charge is 2.17. The van der Waals surface area contributed by atoms with E-state index in [9.17, 15) is 9.59 Å². The van der Waals surface area contributed by atoms with Gasteiger partial charge in [0.25, 0.3) is 5.91 Å². The molecule has 0 aliphatic carbocycles. The number of carboxylic acid groups (broad SMARTS) is 1. The molecule has 0 aliphatic rings. The first kappa shape index (κ1) is 12.7. The fraction of sp³-hybridized carbons (Fsp3) is 0.200. The monoisotopic (exact) mass is 283 g/mol. The van der Waals surface area contributed by atoms with Crippen LogP contribution in [0.2, 0.25) is 0 Å². The van der Waals surface area contributed by atoms with Crippen molar-refractivity contribution in [3.05, 3.63) is 32.7 Å². The van der Waals surface area contributed by atoms with Gasteiger partial charge in [0.15, 0.2) is 5.69 Å². The van der Waals surface area contributed by atoms with Crippen molar-refractivity contribution in [2.45, 2.75) is 13.0 Å². The number of carboxylic acids is 1. The van der Waals surface area contributed by atoms with Gasteiger partial charge in [0.1, 0.15) is 10.7 Å². The van der Waals surface area contributed by atoms with Crippen LogP contribution in [-0.4, -0.2) is 27.0 Å². The van der Waals surface area contributed by atoms with Gasteiger partial charge in [-0.2, -0.15) is 0 Å². The van der Waals surface area contributed by atoms with Crippen LogP contribution in [0.4, 0.5) is 0 Å². The summed E-state index contributed by atoms with van der Waals surface area (Å²) in [5.74, 6) is -1.37. The Labute approximate surface area is 110 Å². The van der Waals surface area contributed by atoms with E-state index < -0.39 is 5.97 Å². The largest absolute Gasteiger partial charge is 0.476 e. The second-order valence-electron chi connectivity index (χ2n) is 3.44. The average Bonchev–Trinajstić information content (AvgIpc) is 3.00. The predicted molar refractivity (Wildman–Crippen MR) is 67.1 cm³/mol. The van der Waals surface area contributed by atoms with Crippen LogP contribution in [-0.2, 0) is 0 Å². The number of rotatable bonds is 4. The molecule has 0 saturated carbocycles. The van der Waals surface area contributed by atoms with E-state index in [0.717, 1.165) is 0 Å². The second-order valence-corrected chi connectivity index (χ2v) is 5.05. The predicted octanol–water partition coefficient (Wildman–Crippen LogP) is 1.79. The highest BCUT2D eigenvalue weighted by molar-refractivity contribution is 7.10. The van der Waals surface area contributed by atoms with Crippen molar-refractivity contribution in [1.29, 1.82) is 0 Å². The van der Waals surface area contributed by atoms with E-state index >= 15 is 0 Å². The molecule has 1 unspecified atom stereocenters. The number of nitrogens with zero attached hydrogens (tertiary/aromatic N) is 2. The van der Waals surface area contributed by atoms with Crippen LogP contribution in [0.5, 0.6) is 0 Å². The molecule has 0 bridgehead atoms. The molecule has 1 atom stereocenters. The highest BCUT2D eigenvalue weighted by atomic mass is 32.1. The molecule has 94 valence electrons. The van der Waals surface area contributed by atoms with Gasteiger partial charge >= 0.3 is 5.97 Å². The van der Waals surface area contributed by atoms with Gasteiger partial charge in [-0.05, 0) is 6.92 Å². The molecule has 1 amide bonds. The summed E-state index contributed by atoms with van der Waals surface area (Å²) in [6.45, 7) is 1.74. The number of aromatic carboxylic acids is 1. The Morgan fingerprint density at radius 2 is 2.17 bits per heavy atom. The number of thiazole rings is 2. The molecule has 2 N–H and O–H groups in total. The Morgan fingerprint density at radius 3 is 2.72 bits per heavy atom. The van der Waals surface area contributed by atoms with E-state index in [1.165, 1.54) is 28.1 Å². The molecule has 2 heterocycles. The maximum atomic E-state index is 11.7. The zero-order valence-corrected chi connectivity index (χ0v) is 10.9. The number of aromatic nitrogens is 2. The fourth-order valence-corrected chi connectivity index (χ4v) is 2.57. The Kier molecular flexibility index (Phi) is 3.68. The van der Waals surface area contributed by atoms with Gasteiger partial charge in [0.2, 0.25) is 0 Å². The minimum absolute atomic E-state index is 0.00948. The Bertz CT molecular complexity index is 565. The van der Waals surface area contributed by atoms with Gasteiger partial charge in [-0.15, -0.1) is 22.7 Å². The van der Waals surface area contributed by atoms with Crippen molar-refractivity contribution < 1.29 is 14.7 Å². The molecular formula is C10H9N3O3S2. The summed E-state index contributed by atoms with van der Waals surface area (Å²) in [5.41, 5.74) is 1.91. The number of hydrogen-bond donors (Lipinski definition) is 2. The van der Waals surface area contributed by atoms with Crippen molar-refractivity contribution in [1.82, 2.24) is 15.3 Å². The third-order valence-corrected chi connectivity index (χ3v) is 3.74. The van der Waals surface area contributed by atoms with Crippen LogP contribution < -0.4 is 5.32 Å². The maximum Gasteiger partial charge on any atom is 0.355 e. The summed E-state index contributed by atoms with van der Waals surface area (Å²) in [6.07, 6.45) is 0. The van der Waals surface area contributed by atoms with Crippen LogP contribution in [0, 0.1) is 0 Å². The fourth-order valence-electron chi connectivity index (χ4n) is 1.24. The topological polar surface area (TPSA) is 92.2 Å². The number of hydrogen-bond acceptors (Lipinski definition) is 6. The summed E-state index contributed by atoms with van der Waals surface area (Å²) in [4.78, 5) is 30.2. The summed E-state index contributed by atoms with van der Waals surface area (Å²) in [6, 6.07) is -0.350. The van der Waals surface area contributed by atoms with Crippen LogP contribution in [0.15, 0.2) is 16.3 Å². The molecular weight excluding hydrogens is 274 g/mol. The Balaban J connectivity index is 2.05. The van der Waals surface area contributed by atoms with Crippen molar-refractivity contribution in [2.75, 3.05) is 0 Å². The molecule has 2 aromatic heterocycles. The Hall–Kier alpha value is -1.80. The third kappa shape index (κ3) is 2.71. The molecule has 0 radical (unpaired) electrons. The van der Waals surface area contributed by atoms with Gasteiger partial charge < -0.3 is 10.4 Å². The van der Waals surface area contributed by atoms with Gasteiger partial charge in [-0.25, -0.2) is 14.8 Å². The molecule has 0 saturated heterocycles. The van der Waals surface area contributed by atoms with E-state index in [-0.39, 0.29) is 17.6 Å². The molecule has 6 nitrogen and oxygen atoms in total. The van der Waals surface area contributed by atoms with E-state index in [1.54, 1.807) is 17.8 Å². The minimum atomic E-state index is -1.07. The van der Waals surface area contributed by atoms with Crippen LogP contribution in [0.3, 0.4) is 0 Å². The van der Waals surface area contributed by atoms with Gasteiger partial charge in [-0.1, -0.05) is 0 Å². The van der Waals surface area contributed by atoms with Crippen LogP contribution in [0.25, 0.3) is 0 Å². The van der Waals surface area contributed by atoms with Crippen molar-refractivity contribution >= 4 is 34.6 Å². The van der Waals surface area contributed by atoms with E-state index in [1.807, 2.05) is 0 Å². The number of amides is 1. The van der Waals surface area contributed by atoms with E-state index in [0.29, 0.717) is 10.7 Å². The molecule has 0 aliphatic heterocycles. The zero-order chi connectivity index (χ0) is 13.1. The molecule has 2 aromatic rings. The summed E-state index contributed by atoms with van der Waals surface area (Å²) in [7, 11) is 0. The van der Waals surface area contributed by atoms with Gasteiger partial charge in [0, 0.05) is 10.8 Å². The SMILES string of the molecule is CC(NC(=O)c1cscn1)c1nc(C(=O)O)cs1. The smallest absolute Gasteiger partial charge is 0.355 e. The molecule has 0 spiro atoms. The molecule has 0 fully saturated rings. The standard InChI is InChI=1S/C10H9N3O3S2/c1-5(9-13-7(3-18-9)10(15)16)12-8(14)6-2-17-4-11-6/h2-5H,1H3,(H,12,14)(H,15,16). The van der Waals surface area contributed by atoms with Gasteiger partial charge in [-0.3, -0.25) is 4.79 Å². The van der Waals surface area contributed by atoms with Crippen molar-refractivity contribution in [3.63, 3.8) is 0 Å². The third-order valence-electron chi connectivity index (χ3n) is 2.12. The van der Waals surface area contributed by atoms with Crippen LogP contribution in [0.1, 0.15) is 39.0 Å². The highest BCUT2D eigenvalue weighted by Crippen LogP contribution is 2.18.